The number of alkyl halides is 2. The van der Waals surface area contributed by atoms with Crippen LogP contribution in [0.5, 0.6) is 5.75 Å². The summed E-state index contributed by atoms with van der Waals surface area (Å²) >= 11 is 0. The highest BCUT2D eigenvalue weighted by Crippen LogP contribution is 2.32. The molecule has 2 aromatic rings. The van der Waals surface area contributed by atoms with Crippen molar-refractivity contribution < 1.29 is 37.1 Å². The number of hydrogen-bond donors (Lipinski definition) is 3. The van der Waals surface area contributed by atoms with Crippen LogP contribution in [-0.4, -0.2) is 90.8 Å². The van der Waals surface area contributed by atoms with Crippen molar-refractivity contribution in [2.75, 3.05) is 45.7 Å². The van der Waals surface area contributed by atoms with Crippen molar-refractivity contribution in [3.63, 3.8) is 0 Å². The number of aromatic nitrogens is 1. The van der Waals surface area contributed by atoms with E-state index in [1.54, 1.807) is 11.8 Å². The molecule has 4 amide bonds. The minimum absolute atomic E-state index is 0.0248. The van der Waals surface area contributed by atoms with Gasteiger partial charge in [0.2, 0.25) is 17.7 Å². The summed E-state index contributed by atoms with van der Waals surface area (Å²) in [6, 6.07) is 2.77. The summed E-state index contributed by atoms with van der Waals surface area (Å²) in [7, 11) is 3.25. The molecular formula is C34H45F3N6O5. The Hall–Kier alpha value is -4.20. The number of anilines is 1. The Kier molecular flexibility index (Phi) is 12.8. The number of piperazine rings is 1. The number of hydrogen-bond acceptors (Lipinski definition) is 7. The summed E-state index contributed by atoms with van der Waals surface area (Å²) in [5.74, 6) is -8.31. The predicted molar refractivity (Wildman–Crippen MR) is 173 cm³/mol. The van der Waals surface area contributed by atoms with E-state index < -0.39 is 47.1 Å². The molecule has 3 N–H and O–H groups in total. The van der Waals surface area contributed by atoms with Crippen LogP contribution in [0.25, 0.3) is 0 Å². The molecule has 1 aromatic carbocycles. The molecule has 2 atom stereocenters. The molecule has 0 spiro atoms. The second kappa shape index (κ2) is 16.8. The van der Waals surface area contributed by atoms with E-state index in [2.05, 4.69) is 25.8 Å². The maximum atomic E-state index is 15.5. The highest BCUT2D eigenvalue weighted by molar-refractivity contribution is 5.98. The Morgan fingerprint density at radius 1 is 1.00 bits per heavy atom. The van der Waals surface area contributed by atoms with E-state index in [1.807, 2.05) is 7.05 Å². The lowest BCUT2D eigenvalue weighted by atomic mass is 9.90. The zero-order chi connectivity index (χ0) is 34.8. The molecule has 2 heterocycles. The monoisotopic (exact) mass is 674 g/mol. The standard InChI is InChI=1S/C34H45F3N6O5/c1-4-29(44)39-28(32(46)43-15-13-42(2)14-16-43)18-22-11-12-27(26(35)17-22)40-31(45)30(23-9-7-5-6-8-10-23)41-33(47)34(36,37)24-19-25(48-3)21-38-20-24/h11-12,17,19-21,23,28,30H,4-10,13-16,18H2,1-3H3,(H,39,44)(H,40,45)(H,41,47)/t28-,30+/m1/s1. The van der Waals surface area contributed by atoms with Crippen LogP contribution < -0.4 is 20.7 Å². The fraction of sp³-hybridized carbons (Fsp3) is 0.559. The summed E-state index contributed by atoms with van der Waals surface area (Å²) < 4.78 is 51.1. The number of benzene rings is 1. The topological polar surface area (TPSA) is 133 Å². The summed E-state index contributed by atoms with van der Waals surface area (Å²) in [6.07, 6.45) is 6.68. The molecule has 1 aliphatic carbocycles. The van der Waals surface area contributed by atoms with Crippen molar-refractivity contribution in [3.8, 4) is 5.75 Å². The van der Waals surface area contributed by atoms with Gasteiger partial charge in [0.05, 0.1) is 24.6 Å². The molecule has 0 radical (unpaired) electrons. The molecule has 48 heavy (non-hydrogen) atoms. The summed E-state index contributed by atoms with van der Waals surface area (Å²) in [5, 5.41) is 7.49. The maximum absolute atomic E-state index is 15.5. The highest BCUT2D eigenvalue weighted by Gasteiger charge is 2.44. The zero-order valence-electron chi connectivity index (χ0n) is 27.7. The number of methoxy groups -OCH3 is 1. The molecule has 1 saturated heterocycles. The number of carbonyl (C=O) groups is 4. The van der Waals surface area contributed by atoms with Gasteiger partial charge in [0, 0.05) is 45.2 Å². The lowest BCUT2D eigenvalue weighted by molar-refractivity contribution is -0.149. The van der Waals surface area contributed by atoms with Gasteiger partial charge in [0.15, 0.2) is 0 Å². The third-order valence-corrected chi connectivity index (χ3v) is 9.04. The summed E-state index contributed by atoms with van der Waals surface area (Å²) in [5.41, 5.74) is -0.491. The first-order valence-corrected chi connectivity index (χ1v) is 16.5. The van der Waals surface area contributed by atoms with Gasteiger partial charge in [0.1, 0.15) is 23.7 Å². The number of carbonyl (C=O) groups excluding carboxylic acids is 4. The molecule has 1 saturated carbocycles. The number of nitrogens with one attached hydrogen (secondary N) is 3. The van der Waals surface area contributed by atoms with E-state index in [0.29, 0.717) is 44.6 Å². The van der Waals surface area contributed by atoms with Crippen LogP contribution in [0, 0.1) is 11.7 Å². The van der Waals surface area contributed by atoms with Gasteiger partial charge < -0.3 is 30.5 Å². The second-order valence-electron chi connectivity index (χ2n) is 12.5. The van der Waals surface area contributed by atoms with Crippen LogP contribution in [0.3, 0.4) is 0 Å². The van der Waals surface area contributed by atoms with Crippen LogP contribution in [0.2, 0.25) is 0 Å². The van der Waals surface area contributed by atoms with Gasteiger partial charge in [-0.05, 0) is 49.6 Å². The first kappa shape index (κ1) is 36.6. The molecule has 2 aliphatic rings. The van der Waals surface area contributed by atoms with Gasteiger partial charge in [-0.3, -0.25) is 24.2 Å². The molecule has 0 bridgehead atoms. The number of amides is 4. The van der Waals surface area contributed by atoms with E-state index in [4.69, 9.17) is 4.74 Å². The maximum Gasteiger partial charge on any atom is 0.351 e. The predicted octanol–water partition coefficient (Wildman–Crippen LogP) is 3.63. The minimum Gasteiger partial charge on any atom is -0.495 e. The van der Waals surface area contributed by atoms with E-state index in [1.165, 1.54) is 31.5 Å². The molecule has 14 heteroatoms. The van der Waals surface area contributed by atoms with Gasteiger partial charge in [-0.2, -0.15) is 8.78 Å². The number of likely N-dealkylation sites (N-methyl/N-ethyl adjacent to an activating group) is 1. The Bertz CT molecular complexity index is 1440. The first-order chi connectivity index (χ1) is 22.9. The van der Waals surface area contributed by atoms with Crippen LogP contribution in [0.15, 0.2) is 36.7 Å². The van der Waals surface area contributed by atoms with E-state index in [0.717, 1.165) is 37.9 Å². The van der Waals surface area contributed by atoms with Crippen molar-refractivity contribution in [2.24, 2.45) is 5.92 Å². The first-order valence-electron chi connectivity index (χ1n) is 16.5. The molecule has 262 valence electrons. The van der Waals surface area contributed by atoms with Crippen LogP contribution in [-0.2, 0) is 31.5 Å². The second-order valence-corrected chi connectivity index (χ2v) is 12.5. The molecule has 2 fully saturated rings. The fourth-order valence-electron chi connectivity index (χ4n) is 6.08. The summed E-state index contributed by atoms with van der Waals surface area (Å²) in [4.78, 5) is 59.7. The molecule has 4 rings (SSSR count). The van der Waals surface area contributed by atoms with Crippen molar-refractivity contribution in [1.29, 1.82) is 0 Å². The minimum atomic E-state index is -4.02. The molecular weight excluding hydrogens is 629 g/mol. The molecule has 0 unspecified atom stereocenters. The Balaban J connectivity index is 1.51. The quantitative estimate of drug-likeness (QED) is 0.293. The number of ether oxygens (including phenoxy) is 1. The van der Waals surface area contributed by atoms with Crippen molar-refractivity contribution in [1.82, 2.24) is 25.4 Å². The molecule has 1 aliphatic heterocycles. The largest absolute Gasteiger partial charge is 0.495 e. The SMILES string of the molecule is CCC(=O)N[C@H](Cc1ccc(NC(=O)[C@@H](NC(=O)C(F)(F)c2cncc(OC)c2)C2CCCCCC2)c(F)c1)C(=O)N1CCN(C)CC1. The fourth-order valence-corrected chi connectivity index (χ4v) is 6.08. The van der Waals surface area contributed by atoms with Crippen molar-refractivity contribution in [2.45, 2.75) is 76.3 Å². The van der Waals surface area contributed by atoms with E-state index in [9.17, 15) is 19.2 Å². The van der Waals surface area contributed by atoms with Gasteiger partial charge in [0.25, 0.3) is 5.91 Å². The smallest absolute Gasteiger partial charge is 0.351 e. The zero-order valence-corrected chi connectivity index (χ0v) is 27.7. The number of pyridine rings is 1. The van der Waals surface area contributed by atoms with E-state index >= 15 is 13.2 Å². The van der Waals surface area contributed by atoms with Gasteiger partial charge in [-0.1, -0.05) is 38.7 Å². The van der Waals surface area contributed by atoms with Gasteiger partial charge >= 0.3 is 5.92 Å². The normalized spacial score (nSPS) is 17.5. The van der Waals surface area contributed by atoms with E-state index in [-0.39, 0.29) is 36.1 Å². The highest BCUT2D eigenvalue weighted by atomic mass is 19.3. The van der Waals surface area contributed by atoms with Crippen LogP contribution in [0.1, 0.15) is 63.0 Å². The number of nitrogens with zero attached hydrogens (tertiary/aromatic N) is 3. The van der Waals surface area contributed by atoms with Crippen LogP contribution in [0.4, 0.5) is 18.9 Å². The third-order valence-electron chi connectivity index (χ3n) is 9.04. The summed E-state index contributed by atoms with van der Waals surface area (Å²) in [6.45, 7) is 4.08. The van der Waals surface area contributed by atoms with Crippen molar-refractivity contribution in [3.05, 3.63) is 53.6 Å². The third kappa shape index (κ3) is 9.45. The average Bonchev–Trinajstić information content (AvgIpc) is 3.37. The lowest BCUT2D eigenvalue weighted by Gasteiger charge is -2.34. The van der Waals surface area contributed by atoms with Crippen molar-refractivity contribution >= 4 is 29.3 Å². The number of halogens is 3. The van der Waals surface area contributed by atoms with Gasteiger partial charge in [-0.15, -0.1) is 0 Å². The van der Waals surface area contributed by atoms with Crippen LogP contribution >= 0.6 is 0 Å². The Labute approximate surface area is 279 Å². The lowest BCUT2D eigenvalue weighted by Crippen LogP contribution is -2.54. The number of rotatable bonds is 12. The Morgan fingerprint density at radius 2 is 1.69 bits per heavy atom. The molecule has 1 aromatic heterocycles. The average molecular weight is 675 g/mol. The Morgan fingerprint density at radius 3 is 2.31 bits per heavy atom. The van der Waals surface area contributed by atoms with Gasteiger partial charge in [-0.25, -0.2) is 4.39 Å². The molecule has 11 nitrogen and oxygen atoms in total.